The SMILES string of the molecule is Cc1ccc(-n2ncc(C(=O)NCC(O)c3ccc(Cl)cc3)c2C(C)C)cc1. The fourth-order valence-corrected chi connectivity index (χ4v) is 3.19. The molecular formula is C22H24ClN3O2. The fourth-order valence-electron chi connectivity index (χ4n) is 3.07. The highest BCUT2D eigenvalue weighted by Crippen LogP contribution is 2.23. The van der Waals surface area contributed by atoms with E-state index in [1.54, 1.807) is 35.1 Å². The number of nitrogens with one attached hydrogen (secondary N) is 1. The Hall–Kier alpha value is -2.63. The van der Waals surface area contributed by atoms with Gasteiger partial charge in [-0.25, -0.2) is 4.68 Å². The van der Waals surface area contributed by atoms with E-state index in [0.29, 0.717) is 16.1 Å². The normalized spacial score (nSPS) is 12.2. The van der Waals surface area contributed by atoms with Gasteiger partial charge in [0.2, 0.25) is 0 Å². The van der Waals surface area contributed by atoms with E-state index in [2.05, 4.69) is 10.4 Å². The maximum atomic E-state index is 12.8. The molecule has 5 nitrogen and oxygen atoms in total. The fraction of sp³-hybridized carbons (Fsp3) is 0.273. The molecule has 0 aliphatic carbocycles. The van der Waals surface area contributed by atoms with Crippen LogP contribution >= 0.6 is 11.6 Å². The first kappa shape index (κ1) is 20.1. The standard InChI is InChI=1S/C22H24ClN3O2/c1-14(2)21-19(12-25-26(21)18-10-4-15(3)5-11-18)22(28)24-13-20(27)16-6-8-17(23)9-7-16/h4-12,14,20,27H,13H2,1-3H3,(H,24,28). The van der Waals surface area contributed by atoms with Crippen molar-refractivity contribution in [3.63, 3.8) is 0 Å². The molecule has 2 N–H and O–H groups in total. The molecule has 0 spiro atoms. The molecule has 2 aromatic carbocycles. The zero-order chi connectivity index (χ0) is 20.3. The molecule has 0 fully saturated rings. The third-order valence-electron chi connectivity index (χ3n) is 4.59. The molecule has 0 bridgehead atoms. The molecule has 3 rings (SSSR count). The lowest BCUT2D eigenvalue weighted by Crippen LogP contribution is -2.29. The number of aliphatic hydroxyl groups excluding tert-OH is 1. The number of aliphatic hydroxyl groups is 1. The van der Waals surface area contributed by atoms with E-state index in [4.69, 9.17) is 11.6 Å². The van der Waals surface area contributed by atoms with E-state index >= 15 is 0 Å². The van der Waals surface area contributed by atoms with Gasteiger partial charge in [0, 0.05) is 11.6 Å². The van der Waals surface area contributed by atoms with Gasteiger partial charge in [-0.15, -0.1) is 0 Å². The molecule has 1 unspecified atom stereocenters. The van der Waals surface area contributed by atoms with Crippen molar-refractivity contribution in [3.05, 3.63) is 82.1 Å². The molecule has 0 aliphatic rings. The summed E-state index contributed by atoms with van der Waals surface area (Å²) in [6, 6.07) is 14.9. The summed E-state index contributed by atoms with van der Waals surface area (Å²) in [6.45, 7) is 6.19. The van der Waals surface area contributed by atoms with Crippen molar-refractivity contribution in [1.29, 1.82) is 0 Å². The second kappa shape index (κ2) is 8.59. The Balaban J connectivity index is 1.78. The topological polar surface area (TPSA) is 67.2 Å². The predicted molar refractivity (Wildman–Crippen MR) is 111 cm³/mol. The second-order valence-electron chi connectivity index (χ2n) is 7.12. The highest BCUT2D eigenvalue weighted by atomic mass is 35.5. The molecule has 28 heavy (non-hydrogen) atoms. The van der Waals surface area contributed by atoms with Crippen LogP contribution in [-0.2, 0) is 0 Å². The van der Waals surface area contributed by atoms with Crippen molar-refractivity contribution < 1.29 is 9.90 Å². The quantitative estimate of drug-likeness (QED) is 0.647. The van der Waals surface area contributed by atoms with Crippen LogP contribution in [0.4, 0.5) is 0 Å². The van der Waals surface area contributed by atoms with Gasteiger partial charge in [0.25, 0.3) is 5.91 Å². The summed E-state index contributed by atoms with van der Waals surface area (Å²) in [5.74, 6) is -0.152. The van der Waals surface area contributed by atoms with E-state index in [0.717, 1.165) is 16.9 Å². The van der Waals surface area contributed by atoms with Crippen LogP contribution in [0.25, 0.3) is 5.69 Å². The molecule has 146 valence electrons. The summed E-state index contributed by atoms with van der Waals surface area (Å²) < 4.78 is 1.80. The Morgan fingerprint density at radius 1 is 1.14 bits per heavy atom. The number of hydrogen-bond donors (Lipinski definition) is 2. The van der Waals surface area contributed by atoms with Crippen LogP contribution in [-0.4, -0.2) is 27.3 Å². The van der Waals surface area contributed by atoms with Crippen LogP contribution in [0.15, 0.2) is 54.7 Å². The van der Waals surface area contributed by atoms with E-state index < -0.39 is 6.10 Å². The molecule has 6 heteroatoms. The van der Waals surface area contributed by atoms with Crippen LogP contribution in [0.2, 0.25) is 5.02 Å². The van der Waals surface area contributed by atoms with Crippen molar-refractivity contribution in [1.82, 2.24) is 15.1 Å². The molecule has 1 atom stereocenters. The first-order valence-electron chi connectivity index (χ1n) is 9.23. The molecule has 0 saturated heterocycles. The zero-order valence-corrected chi connectivity index (χ0v) is 16.9. The van der Waals surface area contributed by atoms with Gasteiger partial charge < -0.3 is 10.4 Å². The molecule has 0 radical (unpaired) electrons. The molecule has 1 aromatic heterocycles. The van der Waals surface area contributed by atoms with E-state index in [1.165, 1.54) is 0 Å². The Bertz CT molecular complexity index is 947. The van der Waals surface area contributed by atoms with Gasteiger partial charge in [-0.05, 0) is 42.7 Å². The first-order chi connectivity index (χ1) is 13.4. The summed E-state index contributed by atoms with van der Waals surface area (Å²) in [5.41, 5.74) is 4.12. The molecule has 1 amide bonds. The molecule has 0 saturated carbocycles. The number of carbonyl (C=O) groups is 1. The summed E-state index contributed by atoms with van der Waals surface area (Å²) in [4.78, 5) is 12.8. The van der Waals surface area contributed by atoms with Crippen molar-refractivity contribution in [2.24, 2.45) is 0 Å². The number of nitrogens with zero attached hydrogens (tertiary/aromatic N) is 2. The van der Waals surface area contributed by atoms with Gasteiger partial charge in [0.15, 0.2) is 0 Å². The number of amides is 1. The average molecular weight is 398 g/mol. The lowest BCUT2D eigenvalue weighted by atomic mass is 10.0. The van der Waals surface area contributed by atoms with Crippen molar-refractivity contribution in [3.8, 4) is 5.69 Å². The third kappa shape index (κ3) is 4.43. The minimum absolute atomic E-state index is 0.103. The van der Waals surface area contributed by atoms with Gasteiger partial charge in [0.05, 0.1) is 29.2 Å². The van der Waals surface area contributed by atoms with Gasteiger partial charge in [-0.1, -0.05) is 55.3 Å². The van der Waals surface area contributed by atoms with Crippen LogP contribution in [0.5, 0.6) is 0 Å². The number of halogens is 1. The van der Waals surface area contributed by atoms with Crippen molar-refractivity contribution >= 4 is 17.5 Å². The van der Waals surface area contributed by atoms with E-state index in [9.17, 15) is 9.90 Å². The Morgan fingerprint density at radius 2 is 1.79 bits per heavy atom. The van der Waals surface area contributed by atoms with Crippen LogP contribution < -0.4 is 5.32 Å². The largest absolute Gasteiger partial charge is 0.387 e. The maximum Gasteiger partial charge on any atom is 0.254 e. The molecule has 0 aliphatic heterocycles. The van der Waals surface area contributed by atoms with Crippen molar-refractivity contribution in [2.45, 2.75) is 32.8 Å². The van der Waals surface area contributed by atoms with Gasteiger partial charge in [0.1, 0.15) is 0 Å². The first-order valence-corrected chi connectivity index (χ1v) is 9.61. The molecule has 1 heterocycles. The van der Waals surface area contributed by atoms with Crippen LogP contribution in [0, 0.1) is 6.92 Å². The number of rotatable bonds is 6. The van der Waals surface area contributed by atoms with Gasteiger partial charge in [-0.2, -0.15) is 5.10 Å². The number of carbonyl (C=O) groups excluding carboxylic acids is 1. The maximum absolute atomic E-state index is 12.8. The van der Waals surface area contributed by atoms with E-state index in [1.807, 2.05) is 45.0 Å². The Kier molecular flexibility index (Phi) is 6.17. The average Bonchev–Trinajstić information content (AvgIpc) is 3.12. The van der Waals surface area contributed by atoms with Crippen LogP contribution in [0.1, 0.15) is 53.0 Å². The Morgan fingerprint density at radius 3 is 2.39 bits per heavy atom. The molecule has 3 aromatic rings. The van der Waals surface area contributed by atoms with Gasteiger partial charge in [-0.3, -0.25) is 4.79 Å². The lowest BCUT2D eigenvalue weighted by Gasteiger charge is -2.15. The second-order valence-corrected chi connectivity index (χ2v) is 7.56. The molecular weight excluding hydrogens is 374 g/mol. The third-order valence-corrected chi connectivity index (χ3v) is 4.84. The zero-order valence-electron chi connectivity index (χ0n) is 16.2. The smallest absolute Gasteiger partial charge is 0.254 e. The highest BCUT2D eigenvalue weighted by Gasteiger charge is 2.21. The minimum Gasteiger partial charge on any atom is -0.387 e. The van der Waals surface area contributed by atoms with Crippen molar-refractivity contribution in [2.75, 3.05) is 6.54 Å². The summed E-state index contributed by atoms with van der Waals surface area (Å²) in [7, 11) is 0. The van der Waals surface area contributed by atoms with Crippen LogP contribution in [0.3, 0.4) is 0 Å². The number of aryl methyl sites for hydroxylation is 1. The monoisotopic (exact) mass is 397 g/mol. The summed E-state index contributed by atoms with van der Waals surface area (Å²) in [6.07, 6.45) is 0.773. The highest BCUT2D eigenvalue weighted by molar-refractivity contribution is 6.30. The lowest BCUT2D eigenvalue weighted by molar-refractivity contribution is 0.0915. The summed E-state index contributed by atoms with van der Waals surface area (Å²) in [5, 5.41) is 18.2. The Labute approximate surface area is 170 Å². The summed E-state index contributed by atoms with van der Waals surface area (Å²) >= 11 is 5.87. The number of aromatic nitrogens is 2. The van der Waals surface area contributed by atoms with E-state index in [-0.39, 0.29) is 18.4 Å². The number of benzene rings is 2. The predicted octanol–water partition coefficient (Wildman–Crippen LogP) is 4.42. The minimum atomic E-state index is -0.809. The van der Waals surface area contributed by atoms with Gasteiger partial charge >= 0.3 is 0 Å². The number of hydrogen-bond acceptors (Lipinski definition) is 3.